The van der Waals surface area contributed by atoms with Gasteiger partial charge in [0.25, 0.3) is 5.91 Å². The van der Waals surface area contributed by atoms with Crippen molar-refractivity contribution in [3.05, 3.63) is 40.3 Å². The lowest BCUT2D eigenvalue weighted by Crippen LogP contribution is -2.37. The number of carbonyl (C=O) groups is 1. The molecule has 0 aromatic heterocycles. The van der Waals surface area contributed by atoms with Crippen molar-refractivity contribution in [2.24, 2.45) is 10.9 Å². The lowest BCUT2D eigenvalue weighted by molar-refractivity contribution is -0.113. The van der Waals surface area contributed by atoms with Crippen molar-refractivity contribution in [3.63, 3.8) is 0 Å². The SMILES string of the molecule is COc1cccc2c1OC(C)C(/C=C1\SC(N3CCCC(C)C3)=NC1=O)=C2. The Balaban J connectivity index is 1.57. The van der Waals surface area contributed by atoms with Crippen molar-refractivity contribution >= 4 is 28.9 Å². The summed E-state index contributed by atoms with van der Waals surface area (Å²) in [7, 11) is 1.64. The number of fused-ring (bicyclic) bond motifs is 1. The van der Waals surface area contributed by atoms with Gasteiger partial charge >= 0.3 is 0 Å². The second-order valence-electron chi connectivity index (χ2n) is 7.29. The zero-order valence-corrected chi connectivity index (χ0v) is 16.7. The van der Waals surface area contributed by atoms with Gasteiger partial charge in [0, 0.05) is 18.7 Å². The summed E-state index contributed by atoms with van der Waals surface area (Å²) >= 11 is 1.48. The molecular formula is C21H24N2O3S. The molecule has 1 aromatic carbocycles. The number of piperidine rings is 1. The van der Waals surface area contributed by atoms with Crippen molar-refractivity contribution in [3.8, 4) is 11.5 Å². The van der Waals surface area contributed by atoms with Crippen LogP contribution in [0, 0.1) is 5.92 Å². The van der Waals surface area contributed by atoms with Crippen LogP contribution in [0.25, 0.3) is 6.08 Å². The standard InChI is InChI=1S/C21H24N2O3S/c1-13-6-5-9-23(12-13)21-22-20(24)18(27-21)11-16-10-15-7-4-8-17(25-3)19(15)26-14(16)2/h4,7-8,10-11,13-14H,5-6,9,12H2,1-3H3/b18-11-. The minimum Gasteiger partial charge on any atom is -0.493 e. The summed E-state index contributed by atoms with van der Waals surface area (Å²) in [6, 6.07) is 5.81. The van der Waals surface area contributed by atoms with Gasteiger partial charge in [-0.2, -0.15) is 4.99 Å². The van der Waals surface area contributed by atoms with E-state index in [-0.39, 0.29) is 12.0 Å². The number of likely N-dealkylation sites (tertiary alicyclic amines) is 1. The fourth-order valence-electron chi connectivity index (χ4n) is 3.68. The molecular weight excluding hydrogens is 360 g/mol. The second kappa shape index (κ2) is 7.43. The van der Waals surface area contributed by atoms with E-state index in [0.717, 1.165) is 47.3 Å². The molecule has 0 N–H and O–H groups in total. The lowest BCUT2D eigenvalue weighted by atomic mass is 10.0. The Morgan fingerprint density at radius 2 is 2.22 bits per heavy atom. The molecule has 5 nitrogen and oxygen atoms in total. The summed E-state index contributed by atoms with van der Waals surface area (Å²) in [5, 5.41) is 0.838. The van der Waals surface area contributed by atoms with Crippen molar-refractivity contribution in [2.75, 3.05) is 20.2 Å². The van der Waals surface area contributed by atoms with Crippen LogP contribution in [0.2, 0.25) is 0 Å². The van der Waals surface area contributed by atoms with Crippen LogP contribution in [0.3, 0.4) is 0 Å². The van der Waals surface area contributed by atoms with Crippen LogP contribution in [-0.4, -0.2) is 42.3 Å². The number of hydrogen-bond donors (Lipinski definition) is 0. The summed E-state index contributed by atoms with van der Waals surface area (Å²) in [4.78, 5) is 19.7. The number of thioether (sulfide) groups is 1. The van der Waals surface area contributed by atoms with Crippen LogP contribution >= 0.6 is 11.8 Å². The molecule has 142 valence electrons. The van der Waals surface area contributed by atoms with E-state index >= 15 is 0 Å². The van der Waals surface area contributed by atoms with Gasteiger partial charge in [-0.15, -0.1) is 0 Å². The topological polar surface area (TPSA) is 51.1 Å². The van der Waals surface area contributed by atoms with Gasteiger partial charge in [0.1, 0.15) is 6.10 Å². The smallest absolute Gasteiger partial charge is 0.286 e. The van der Waals surface area contributed by atoms with Gasteiger partial charge in [0.05, 0.1) is 12.0 Å². The zero-order chi connectivity index (χ0) is 19.0. The summed E-state index contributed by atoms with van der Waals surface area (Å²) in [6.45, 7) is 6.19. The third kappa shape index (κ3) is 3.63. The molecule has 1 amide bonds. The number of nitrogens with zero attached hydrogens (tertiary/aromatic N) is 2. The average Bonchev–Trinajstić information content (AvgIpc) is 3.02. The van der Waals surface area contributed by atoms with Crippen LogP contribution in [0.5, 0.6) is 11.5 Å². The molecule has 2 atom stereocenters. The van der Waals surface area contributed by atoms with E-state index in [4.69, 9.17) is 9.47 Å². The Hall–Kier alpha value is -2.21. The van der Waals surface area contributed by atoms with Gasteiger partial charge in [-0.25, -0.2) is 0 Å². The van der Waals surface area contributed by atoms with E-state index in [2.05, 4.69) is 22.9 Å². The third-order valence-corrected chi connectivity index (χ3v) is 6.19. The maximum Gasteiger partial charge on any atom is 0.286 e. The number of methoxy groups -OCH3 is 1. The highest BCUT2D eigenvalue weighted by Crippen LogP contribution is 2.39. The Morgan fingerprint density at radius 3 is 3.00 bits per heavy atom. The first-order valence-corrected chi connectivity index (χ1v) is 10.2. The van der Waals surface area contributed by atoms with E-state index in [0.29, 0.717) is 10.8 Å². The quantitative estimate of drug-likeness (QED) is 0.719. The maximum atomic E-state index is 12.4. The number of aliphatic imine (C=N–C) groups is 1. The summed E-state index contributed by atoms with van der Waals surface area (Å²) < 4.78 is 11.4. The molecule has 6 heteroatoms. The van der Waals surface area contributed by atoms with Crippen molar-refractivity contribution < 1.29 is 14.3 Å². The number of hydrogen-bond acceptors (Lipinski definition) is 5. The number of amidine groups is 1. The van der Waals surface area contributed by atoms with Crippen LogP contribution in [-0.2, 0) is 4.79 Å². The first-order valence-electron chi connectivity index (χ1n) is 9.38. The number of rotatable bonds is 2. The molecule has 3 aliphatic heterocycles. The first-order chi connectivity index (χ1) is 13.0. The largest absolute Gasteiger partial charge is 0.493 e. The van der Waals surface area contributed by atoms with Gasteiger partial charge in [0.2, 0.25) is 0 Å². The maximum absolute atomic E-state index is 12.4. The molecule has 2 unspecified atom stereocenters. The molecule has 0 bridgehead atoms. The third-order valence-electron chi connectivity index (χ3n) is 5.15. The number of ether oxygens (including phenoxy) is 2. The first kappa shape index (κ1) is 18.2. The molecule has 3 aliphatic rings. The van der Waals surface area contributed by atoms with Gasteiger partial charge in [0.15, 0.2) is 16.7 Å². The van der Waals surface area contributed by atoms with E-state index < -0.39 is 0 Å². The average molecular weight is 385 g/mol. The Bertz CT molecular complexity index is 859. The monoisotopic (exact) mass is 384 g/mol. The van der Waals surface area contributed by atoms with Crippen LogP contribution in [0.4, 0.5) is 0 Å². The Morgan fingerprint density at radius 1 is 1.37 bits per heavy atom. The number of benzene rings is 1. The van der Waals surface area contributed by atoms with E-state index in [1.165, 1.54) is 18.2 Å². The predicted molar refractivity (Wildman–Crippen MR) is 109 cm³/mol. The van der Waals surface area contributed by atoms with Crippen LogP contribution < -0.4 is 9.47 Å². The molecule has 1 fully saturated rings. The van der Waals surface area contributed by atoms with Crippen molar-refractivity contribution in [1.29, 1.82) is 0 Å². The van der Waals surface area contributed by atoms with Gasteiger partial charge < -0.3 is 14.4 Å². The lowest BCUT2D eigenvalue weighted by Gasteiger charge is -2.31. The van der Waals surface area contributed by atoms with E-state index in [1.54, 1.807) is 7.11 Å². The van der Waals surface area contributed by atoms with Crippen molar-refractivity contribution in [1.82, 2.24) is 4.90 Å². The molecule has 3 heterocycles. The number of carbonyl (C=O) groups excluding carboxylic acids is 1. The molecule has 1 aromatic rings. The van der Waals surface area contributed by atoms with Gasteiger partial charge in [-0.1, -0.05) is 19.1 Å². The molecule has 0 saturated carbocycles. The predicted octanol–water partition coefficient (Wildman–Crippen LogP) is 4.10. The second-order valence-corrected chi connectivity index (χ2v) is 8.30. The normalized spacial score (nSPS) is 26.4. The Labute approximate surface area is 164 Å². The molecule has 4 rings (SSSR count). The van der Waals surface area contributed by atoms with E-state index in [9.17, 15) is 4.79 Å². The highest BCUT2D eigenvalue weighted by atomic mass is 32.2. The number of para-hydroxylation sites is 1. The van der Waals surface area contributed by atoms with Gasteiger partial charge in [-0.3, -0.25) is 4.79 Å². The summed E-state index contributed by atoms with van der Waals surface area (Å²) in [6.07, 6.45) is 6.23. The fraction of sp³-hybridized carbons (Fsp3) is 0.429. The number of amides is 1. The summed E-state index contributed by atoms with van der Waals surface area (Å²) in [5.41, 5.74) is 1.93. The summed E-state index contributed by atoms with van der Waals surface area (Å²) in [5.74, 6) is 1.96. The van der Waals surface area contributed by atoms with Crippen molar-refractivity contribution in [2.45, 2.75) is 32.8 Å². The Kier molecular flexibility index (Phi) is 5.00. The van der Waals surface area contributed by atoms with Crippen LogP contribution in [0.1, 0.15) is 32.3 Å². The minimum absolute atomic E-state index is 0.155. The minimum atomic E-state index is -0.159. The molecule has 27 heavy (non-hydrogen) atoms. The molecule has 0 aliphatic carbocycles. The highest BCUT2D eigenvalue weighted by Gasteiger charge is 2.30. The van der Waals surface area contributed by atoms with E-state index in [1.807, 2.05) is 31.2 Å². The van der Waals surface area contributed by atoms with Crippen LogP contribution in [0.15, 0.2) is 39.7 Å². The van der Waals surface area contributed by atoms with Gasteiger partial charge in [-0.05, 0) is 61.2 Å². The highest BCUT2D eigenvalue weighted by molar-refractivity contribution is 8.18. The fourth-order valence-corrected chi connectivity index (χ4v) is 4.63. The molecule has 1 saturated heterocycles. The zero-order valence-electron chi connectivity index (χ0n) is 15.9. The molecule has 0 radical (unpaired) electrons. The molecule has 0 spiro atoms.